The maximum absolute atomic E-state index is 11.9. The van der Waals surface area contributed by atoms with Crippen LogP contribution < -0.4 is 14.8 Å². The molecular formula is C25H34N6O5. The van der Waals surface area contributed by atoms with Crippen LogP contribution in [0.1, 0.15) is 35.7 Å². The van der Waals surface area contributed by atoms with Gasteiger partial charge < -0.3 is 28.8 Å². The number of morpholine rings is 1. The SMILES string of the molecule is CCCCOc1nc(NCCN2CCOCC2)c2ncn(Cc3ccc(C(=O)OC)cc3OC)c2n1. The number of aromatic nitrogens is 4. The Bertz CT molecular complexity index is 1160. The fourth-order valence-electron chi connectivity index (χ4n) is 4.00. The minimum absolute atomic E-state index is 0.319. The van der Waals surface area contributed by atoms with Crippen LogP contribution in [0, 0.1) is 0 Å². The Labute approximate surface area is 210 Å². The molecule has 11 nitrogen and oxygen atoms in total. The fraction of sp³-hybridized carbons (Fsp3) is 0.520. The summed E-state index contributed by atoms with van der Waals surface area (Å²) in [6.07, 6.45) is 3.67. The fourth-order valence-corrected chi connectivity index (χ4v) is 4.00. The second-order valence-corrected chi connectivity index (χ2v) is 8.50. The molecule has 0 bridgehead atoms. The van der Waals surface area contributed by atoms with E-state index in [1.807, 2.05) is 10.6 Å². The van der Waals surface area contributed by atoms with Crippen LogP contribution in [0.15, 0.2) is 24.5 Å². The highest BCUT2D eigenvalue weighted by atomic mass is 16.5. The summed E-state index contributed by atoms with van der Waals surface area (Å²) < 4.78 is 23.6. The first-order valence-electron chi connectivity index (χ1n) is 12.3. The zero-order valence-electron chi connectivity index (χ0n) is 21.2. The number of esters is 1. The van der Waals surface area contributed by atoms with E-state index in [9.17, 15) is 4.79 Å². The zero-order valence-corrected chi connectivity index (χ0v) is 21.2. The van der Waals surface area contributed by atoms with Crippen molar-refractivity contribution >= 4 is 23.0 Å². The molecule has 2 aromatic heterocycles. The van der Waals surface area contributed by atoms with E-state index in [0.29, 0.717) is 47.5 Å². The molecule has 36 heavy (non-hydrogen) atoms. The summed E-state index contributed by atoms with van der Waals surface area (Å²) in [4.78, 5) is 28.1. The van der Waals surface area contributed by atoms with Crippen LogP contribution in [0.4, 0.5) is 5.82 Å². The van der Waals surface area contributed by atoms with Gasteiger partial charge in [0.15, 0.2) is 17.0 Å². The van der Waals surface area contributed by atoms with Crippen molar-refractivity contribution < 1.29 is 23.7 Å². The third kappa shape index (κ3) is 6.21. The van der Waals surface area contributed by atoms with E-state index in [2.05, 4.69) is 32.1 Å². The molecule has 0 amide bonds. The van der Waals surface area contributed by atoms with Crippen LogP contribution in [-0.2, 0) is 16.0 Å². The first-order valence-corrected chi connectivity index (χ1v) is 12.3. The maximum Gasteiger partial charge on any atom is 0.337 e. The molecule has 1 fully saturated rings. The Hall–Kier alpha value is -3.44. The first-order chi connectivity index (χ1) is 17.6. The number of nitrogens with zero attached hydrogens (tertiary/aromatic N) is 5. The van der Waals surface area contributed by atoms with Crippen molar-refractivity contribution in [3.8, 4) is 11.8 Å². The summed E-state index contributed by atoms with van der Waals surface area (Å²) in [6, 6.07) is 5.56. The van der Waals surface area contributed by atoms with Crippen LogP contribution >= 0.6 is 0 Å². The highest BCUT2D eigenvalue weighted by Crippen LogP contribution is 2.26. The van der Waals surface area contributed by atoms with Gasteiger partial charge in [0.05, 0.1) is 52.5 Å². The normalized spacial score (nSPS) is 14.1. The molecule has 0 aliphatic carbocycles. The van der Waals surface area contributed by atoms with Gasteiger partial charge in [-0.2, -0.15) is 9.97 Å². The molecule has 3 aromatic rings. The molecule has 3 heterocycles. The van der Waals surface area contributed by atoms with Gasteiger partial charge in [-0.1, -0.05) is 19.4 Å². The van der Waals surface area contributed by atoms with Gasteiger partial charge in [0.2, 0.25) is 0 Å². The number of methoxy groups -OCH3 is 2. The van der Waals surface area contributed by atoms with Crippen molar-refractivity contribution in [2.24, 2.45) is 0 Å². The summed E-state index contributed by atoms with van der Waals surface area (Å²) in [6.45, 7) is 8.09. The summed E-state index contributed by atoms with van der Waals surface area (Å²) in [5.74, 6) is 0.811. The molecule has 1 aromatic carbocycles. The topological polar surface area (TPSA) is 113 Å². The Morgan fingerprint density at radius 3 is 2.78 bits per heavy atom. The third-order valence-electron chi connectivity index (χ3n) is 6.05. The quantitative estimate of drug-likeness (QED) is 0.295. The van der Waals surface area contributed by atoms with Gasteiger partial charge in [-0.05, 0) is 18.6 Å². The van der Waals surface area contributed by atoms with Gasteiger partial charge >= 0.3 is 12.0 Å². The number of anilines is 1. The number of hydrogen-bond donors (Lipinski definition) is 1. The van der Waals surface area contributed by atoms with Crippen LogP contribution in [0.5, 0.6) is 11.8 Å². The molecule has 0 unspecified atom stereocenters. The number of benzene rings is 1. The number of ether oxygens (including phenoxy) is 4. The highest BCUT2D eigenvalue weighted by molar-refractivity contribution is 5.90. The van der Waals surface area contributed by atoms with Gasteiger partial charge in [-0.15, -0.1) is 0 Å². The van der Waals surface area contributed by atoms with Crippen molar-refractivity contribution in [3.05, 3.63) is 35.7 Å². The lowest BCUT2D eigenvalue weighted by Gasteiger charge is -2.26. The summed E-state index contributed by atoms with van der Waals surface area (Å²) in [7, 11) is 2.93. The number of hydrogen-bond acceptors (Lipinski definition) is 10. The lowest BCUT2D eigenvalue weighted by atomic mass is 10.1. The smallest absolute Gasteiger partial charge is 0.337 e. The summed E-state index contributed by atoms with van der Waals surface area (Å²) in [5.41, 5.74) is 2.63. The number of imidazole rings is 1. The standard InChI is InChI=1S/C25H34N6O5/c1-4-5-12-36-25-28-22(26-8-9-30-10-13-35-14-11-30)21-23(29-25)31(17-27-21)16-19-7-6-18(24(32)34-3)15-20(19)33-2/h6-7,15,17H,4-5,8-14,16H2,1-3H3,(H,26,28,29). The van der Waals surface area contributed by atoms with Crippen molar-refractivity contribution in [2.45, 2.75) is 26.3 Å². The number of unbranched alkanes of at least 4 members (excludes halogenated alkanes) is 1. The largest absolute Gasteiger partial charge is 0.496 e. The molecule has 0 saturated carbocycles. The Balaban J connectivity index is 1.58. The minimum atomic E-state index is -0.415. The molecule has 0 atom stereocenters. The number of nitrogens with one attached hydrogen (secondary N) is 1. The highest BCUT2D eigenvalue weighted by Gasteiger charge is 2.17. The zero-order chi connectivity index (χ0) is 25.3. The maximum atomic E-state index is 11.9. The molecule has 0 spiro atoms. The van der Waals surface area contributed by atoms with E-state index in [0.717, 1.165) is 57.8 Å². The third-order valence-corrected chi connectivity index (χ3v) is 6.05. The lowest BCUT2D eigenvalue weighted by molar-refractivity contribution is 0.0398. The Kier molecular flexibility index (Phi) is 8.90. The monoisotopic (exact) mass is 498 g/mol. The van der Waals surface area contributed by atoms with Crippen molar-refractivity contribution in [2.75, 3.05) is 65.5 Å². The van der Waals surface area contributed by atoms with Gasteiger partial charge in [0, 0.05) is 31.7 Å². The Morgan fingerprint density at radius 2 is 2.03 bits per heavy atom. The van der Waals surface area contributed by atoms with Crippen LogP contribution in [0.3, 0.4) is 0 Å². The molecule has 11 heteroatoms. The Morgan fingerprint density at radius 1 is 1.19 bits per heavy atom. The van der Waals surface area contributed by atoms with E-state index in [1.165, 1.54) is 7.11 Å². The van der Waals surface area contributed by atoms with E-state index >= 15 is 0 Å². The molecule has 1 saturated heterocycles. The van der Waals surface area contributed by atoms with Gasteiger partial charge in [0.1, 0.15) is 5.75 Å². The molecule has 0 radical (unpaired) electrons. The predicted octanol–water partition coefficient (Wildman–Crippen LogP) is 2.59. The molecule has 1 N–H and O–H groups in total. The number of fused-ring (bicyclic) bond motifs is 1. The molecular weight excluding hydrogens is 464 g/mol. The van der Waals surface area contributed by atoms with E-state index in [1.54, 1.807) is 25.6 Å². The molecule has 1 aliphatic rings. The van der Waals surface area contributed by atoms with Gasteiger partial charge in [0.25, 0.3) is 0 Å². The number of carbonyl (C=O) groups excluding carboxylic acids is 1. The first kappa shape index (κ1) is 25.6. The molecule has 4 rings (SSSR count). The second kappa shape index (κ2) is 12.5. The van der Waals surface area contributed by atoms with E-state index in [4.69, 9.17) is 18.9 Å². The van der Waals surface area contributed by atoms with E-state index < -0.39 is 5.97 Å². The predicted molar refractivity (Wildman–Crippen MR) is 135 cm³/mol. The molecule has 1 aliphatic heterocycles. The van der Waals surface area contributed by atoms with Crippen molar-refractivity contribution in [3.63, 3.8) is 0 Å². The van der Waals surface area contributed by atoms with Crippen LogP contribution in [0.2, 0.25) is 0 Å². The van der Waals surface area contributed by atoms with Crippen LogP contribution in [-0.4, -0.2) is 90.6 Å². The van der Waals surface area contributed by atoms with Gasteiger partial charge in [-0.3, -0.25) is 4.90 Å². The number of carbonyl (C=O) groups is 1. The average molecular weight is 499 g/mol. The molecule has 194 valence electrons. The number of rotatable bonds is 12. The minimum Gasteiger partial charge on any atom is -0.496 e. The van der Waals surface area contributed by atoms with E-state index in [-0.39, 0.29) is 0 Å². The summed E-state index contributed by atoms with van der Waals surface area (Å²) >= 11 is 0. The average Bonchev–Trinajstić information content (AvgIpc) is 3.32. The van der Waals surface area contributed by atoms with Crippen LogP contribution in [0.25, 0.3) is 11.2 Å². The lowest BCUT2D eigenvalue weighted by Crippen LogP contribution is -2.39. The summed E-state index contributed by atoms with van der Waals surface area (Å²) in [5, 5.41) is 3.43. The second-order valence-electron chi connectivity index (χ2n) is 8.50. The van der Waals surface area contributed by atoms with Gasteiger partial charge in [-0.25, -0.2) is 9.78 Å². The van der Waals surface area contributed by atoms with Crippen molar-refractivity contribution in [1.29, 1.82) is 0 Å². The van der Waals surface area contributed by atoms with Crippen molar-refractivity contribution in [1.82, 2.24) is 24.4 Å².